The monoisotopic (exact) mass is 278 g/mol. The van der Waals surface area contributed by atoms with Gasteiger partial charge in [0.15, 0.2) is 0 Å². The predicted octanol–water partition coefficient (Wildman–Crippen LogP) is 2.67. The van der Waals surface area contributed by atoms with E-state index in [9.17, 15) is 0 Å². The van der Waals surface area contributed by atoms with Crippen molar-refractivity contribution in [3.8, 4) is 0 Å². The lowest BCUT2D eigenvalue weighted by atomic mass is 9.89. The molecule has 2 rings (SSSR count). The maximum atomic E-state index is 4.22. The Labute approximate surface area is 123 Å². The molecule has 0 unspecified atom stereocenters. The first-order chi connectivity index (χ1) is 9.35. The summed E-state index contributed by atoms with van der Waals surface area (Å²) < 4.78 is 0. The first kappa shape index (κ1) is 15.5. The summed E-state index contributed by atoms with van der Waals surface area (Å²) in [6.07, 6.45) is 7.30. The summed E-state index contributed by atoms with van der Waals surface area (Å²) >= 11 is 0. The molecule has 2 N–H and O–H groups in total. The minimum atomic E-state index is 0.125. The first-order valence-corrected chi connectivity index (χ1v) is 7.76. The van der Waals surface area contributed by atoms with E-state index >= 15 is 0 Å². The molecule has 20 heavy (non-hydrogen) atoms. The van der Waals surface area contributed by atoms with Crippen LogP contribution in [0, 0.1) is 0 Å². The van der Waals surface area contributed by atoms with E-state index in [0.717, 1.165) is 13.1 Å². The average Bonchev–Trinajstić information content (AvgIpc) is 2.97. The maximum absolute atomic E-state index is 4.22. The number of aromatic amines is 1. The van der Waals surface area contributed by atoms with Crippen LogP contribution < -0.4 is 5.32 Å². The number of hydrogen-bond donors (Lipinski definition) is 2. The lowest BCUT2D eigenvalue weighted by Crippen LogP contribution is -2.49. The minimum absolute atomic E-state index is 0.125. The van der Waals surface area contributed by atoms with Crippen LogP contribution in [0.3, 0.4) is 0 Å². The van der Waals surface area contributed by atoms with Gasteiger partial charge in [-0.1, -0.05) is 33.6 Å². The van der Waals surface area contributed by atoms with Crippen LogP contribution >= 0.6 is 0 Å². The van der Waals surface area contributed by atoms with Crippen molar-refractivity contribution in [1.29, 1.82) is 0 Å². The summed E-state index contributed by atoms with van der Waals surface area (Å²) in [6, 6.07) is 0. The van der Waals surface area contributed by atoms with Crippen LogP contribution in [0.2, 0.25) is 0 Å². The molecule has 4 heteroatoms. The highest BCUT2D eigenvalue weighted by atomic mass is 15.2. The third-order valence-electron chi connectivity index (χ3n) is 4.72. The number of nitrogens with one attached hydrogen (secondary N) is 2. The number of aromatic nitrogens is 2. The molecule has 1 aliphatic carbocycles. The number of likely N-dealkylation sites (N-methyl/N-ethyl adjacent to an activating group) is 1. The van der Waals surface area contributed by atoms with E-state index in [1.165, 1.54) is 36.9 Å². The summed E-state index contributed by atoms with van der Waals surface area (Å²) in [6.45, 7) is 8.64. The van der Waals surface area contributed by atoms with E-state index in [1.54, 1.807) is 0 Å². The van der Waals surface area contributed by atoms with Crippen molar-refractivity contribution in [2.75, 3.05) is 20.6 Å². The van der Waals surface area contributed by atoms with Crippen molar-refractivity contribution >= 4 is 0 Å². The Balaban J connectivity index is 1.95. The largest absolute Gasteiger partial charge is 0.311 e. The third-order valence-corrected chi connectivity index (χ3v) is 4.72. The van der Waals surface area contributed by atoms with Crippen molar-refractivity contribution < 1.29 is 0 Å². The van der Waals surface area contributed by atoms with Crippen LogP contribution in [0.1, 0.15) is 57.7 Å². The van der Waals surface area contributed by atoms with Gasteiger partial charge in [-0.3, -0.25) is 5.10 Å². The lowest BCUT2D eigenvalue weighted by Gasteiger charge is -2.36. The van der Waals surface area contributed by atoms with Crippen molar-refractivity contribution in [3.05, 3.63) is 17.5 Å². The second-order valence-corrected chi connectivity index (χ2v) is 7.45. The molecule has 1 saturated carbocycles. The van der Waals surface area contributed by atoms with E-state index in [-0.39, 0.29) is 5.41 Å². The molecule has 0 aromatic carbocycles. The second-order valence-electron chi connectivity index (χ2n) is 7.45. The lowest BCUT2D eigenvalue weighted by molar-refractivity contribution is 0.153. The molecule has 1 heterocycles. The molecular formula is C16H30N4. The van der Waals surface area contributed by atoms with Gasteiger partial charge in [0.05, 0.1) is 6.20 Å². The molecule has 4 nitrogen and oxygen atoms in total. The smallest absolute Gasteiger partial charge is 0.0535 e. The SMILES string of the molecule is CN(C)C1(CNCc2cn[nH]c2C(C)(C)C)CCCC1. The highest BCUT2D eigenvalue weighted by molar-refractivity contribution is 5.23. The molecule has 1 aromatic rings. The zero-order chi connectivity index (χ0) is 14.8. The Morgan fingerprint density at radius 3 is 2.50 bits per heavy atom. The van der Waals surface area contributed by atoms with Crippen LogP contribution in [0.15, 0.2) is 6.20 Å². The van der Waals surface area contributed by atoms with E-state index in [4.69, 9.17) is 0 Å². The van der Waals surface area contributed by atoms with Gasteiger partial charge in [0.2, 0.25) is 0 Å². The Bertz CT molecular complexity index is 422. The van der Waals surface area contributed by atoms with Gasteiger partial charge in [0.1, 0.15) is 0 Å². The van der Waals surface area contributed by atoms with Crippen LogP contribution in [0.25, 0.3) is 0 Å². The normalized spacial score (nSPS) is 18.9. The van der Waals surface area contributed by atoms with Gasteiger partial charge in [-0.2, -0.15) is 5.10 Å². The Kier molecular flexibility index (Phi) is 4.55. The molecule has 1 fully saturated rings. The molecule has 0 bridgehead atoms. The van der Waals surface area contributed by atoms with Crippen molar-refractivity contribution in [3.63, 3.8) is 0 Å². The van der Waals surface area contributed by atoms with Gasteiger partial charge < -0.3 is 10.2 Å². The molecular weight excluding hydrogens is 248 g/mol. The topological polar surface area (TPSA) is 44.0 Å². The highest BCUT2D eigenvalue weighted by Gasteiger charge is 2.35. The Hall–Kier alpha value is -0.870. The van der Waals surface area contributed by atoms with Crippen molar-refractivity contribution in [1.82, 2.24) is 20.4 Å². The van der Waals surface area contributed by atoms with Crippen molar-refractivity contribution in [2.45, 2.75) is 64.0 Å². The van der Waals surface area contributed by atoms with E-state index < -0.39 is 0 Å². The Morgan fingerprint density at radius 2 is 1.95 bits per heavy atom. The summed E-state index contributed by atoms with van der Waals surface area (Å²) in [5.74, 6) is 0. The molecule has 0 aliphatic heterocycles. The molecule has 0 spiro atoms. The van der Waals surface area contributed by atoms with Gasteiger partial charge in [0.25, 0.3) is 0 Å². The standard InChI is InChI=1S/C16H30N4/c1-15(2,3)14-13(11-18-19-14)10-17-12-16(20(4)5)8-6-7-9-16/h11,17H,6-10,12H2,1-5H3,(H,18,19). The quantitative estimate of drug-likeness (QED) is 0.870. The van der Waals surface area contributed by atoms with Gasteiger partial charge in [0, 0.05) is 35.3 Å². The minimum Gasteiger partial charge on any atom is -0.311 e. The zero-order valence-corrected chi connectivity index (χ0v) is 13.7. The molecule has 0 radical (unpaired) electrons. The average molecular weight is 278 g/mol. The molecule has 0 saturated heterocycles. The van der Waals surface area contributed by atoms with Crippen LogP contribution in [-0.4, -0.2) is 41.3 Å². The predicted molar refractivity (Wildman–Crippen MR) is 83.9 cm³/mol. The summed E-state index contributed by atoms with van der Waals surface area (Å²) in [5, 5.41) is 11.0. The van der Waals surface area contributed by atoms with Crippen LogP contribution in [0.5, 0.6) is 0 Å². The number of hydrogen-bond acceptors (Lipinski definition) is 3. The second kappa shape index (κ2) is 5.86. The van der Waals surface area contributed by atoms with Gasteiger partial charge in [-0.25, -0.2) is 0 Å². The number of H-pyrrole nitrogens is 1. The van der Waals surface area contributed by atoms with Gasteiger partial charge in [-0.05, 0) is 26.9 Å². The van der Waals surface area contributed by atoms with Crippen molar-refractivity contribution in [2.24, 2.45) is 0 Å². The van der Waals surface area contributed by atoms with Gasteiger partial charge in [-0.15, -0.1) is 0 Å². The highest BCUT2D eigenvalue weighted by Crippen LogP contribution is 2.33. The molecule has 1 aliphatic rings. The fraction of sp³-hybridized carbons (Fsp3) is 0.812. The summed E-state index contributed by atoms with van der Waals surface area (Å²) in [4.78, 5) is 2.41. The number of nitrogens with zero attached hydrogens (tertiary/aromatic N) is 2. The molecule has 0 amide bonds. The van der Waals surface area contributed by atoms with E-state index in [0.29, 0.717) is 5.54 Å². The Morgan fingerprint density at radius 1 is 1.30 bits per heavy atom. The van der Waals surface area contributed by atoms with E-state index in [1.807, 2.05) is 6.20 Å². The fourth-order valence-corrected chi connectivity index (χ4v) is 3.34. The van der Waals surface area contributed by atoms with Crippen LogP contribution in [0.4, 0.5) is 0 Å². The van der Waals surface area contributed by atoms with Gasteiger partial charge >= 0.3 is 0 Å². The molecule has 1 aromatic heterocycles. The maximum Gasteiger partial charge on any atom is 0.0535 e. The molecule has 114 valence electrons. The zero-order valence-electron chi connectivity index (χ0n) is 13.7. The summed E-state index contributed by atoms with van der Waals surface area (Å²) in [5.41, 5.74) is 3.02. The summed E-state index contributed by atoms with van der Waals surface area (Å²) in [7, 11) is 4.43. The number of rotatable bonds is 5. The fourth-order valence-electron chi connectivity index (χ4n) is 3.34. The third kappa shape index (κ3) is 3.23. The molecule has 0 atom stereocenters. The van der Waals surface area contributed by atoms with Crippen LogP contribution in [-0.2, 0) is 12.0 Å². The first-order valence-electron chi connectivity index (χ1n) is 7.76. The van der Waals surface area contributed by atoms with E-state index in [2.05, 4.69) is 55.3 Å².